The molecule has 0 aliphatic rings. The number of hydrogen-bond acceptors (Lipinski definition) is 4. The Labute approximate surface area is 106 Å². The highest BCUT2D eigenvalue weighted by molar-refractivity contribution is 5.98. The molecule has 1 unspecified atom stereocenters. The summed E-state index contributed by atoms with van der Waals surface area (Å²) in [4.78, 5) is 23.3. The molecule has 1 aromatic rings. The van der Waals surface area contributed by atoms with Crippen LogP contribution in [0.5, 0.6) is 0 Å². The van der Waals surface area contributed by atoms with E-state index in [4.69, 9.17) is 11.5 Å². The summed E-state index contributed by atoms with van der Waals surface area (Å²) < 4.78 is 0. The van der Waals surface area contributed by atoms with Gasteiger partial charge in [0.15, 0.2) is 0 Å². The van der Waals surface area contributed by atoms with Gasteiger partial charge in [0, 0.05) is 23.5 Å². The van der Waals surface area contributed by atoms with E-state index in [1.165, 1.54) is 12.1 Å². The Balaban J connectivity index is 2.73. The predicted molar refractivity (Wildman–Crippen MR) is 70.9 cm³/mol. The number of anilines is 2. The molecular weight excluding hydrogens is 232 g/mol. The normalized spacial score (nSPS) is 11.7. The number of nitrogen functional groups attached to an aromatic ring is 2. The third kappa shape index (κ3) is 3.65. The van der Waals surface area contributed by atoms with Gasteiger partial charge in [-0.15, -0.1) is 0 Å². The van der Waals surface area contributed by atoms with Crippen LogP contribution in [0.2, 0.25) is 0 Å². The summed E-state index contributed by atoms with van der Waals surface area (Å²) in [7, 11) is 0. The summed E-state index contributed by atoms with van der Waals surface area (Å²) in [5.74, 6) is -0.615. The van der Waals surface area contributed by atoms with Crippen LogP contribution >= 0.6 is 0 Å². The van der Waals surface area contributed by atoms with Gasteiger partial charge < -0.3 is 22.1 Å². The Morgan fingerprint density at radius 3 is 2.28 bits per heavy atom. The first-order chi connectivity index (χ1) is 8.43. The smallest absolute Gasteiger partial charge is 0.252 e. The number of hydrogen-bond donors (Lipinski definition) is 4. The van der Waals surface area contributed by atoms with E-state index < -0.39 is 6.04 Å². The van der Waals surface area contributed by atoms with Crippen molar-refractivity contribution in [3.63, 3.8) is 0 Å². The van der Waals surface area contributed by atoms with Gasteiger partial charge in [0.2, 0.25) is 5.91 Å². The highest BCUT2D eigenvalue weighted by Gasteiger charge is 2.16. The summed E-state index contributed by atoms with van der Waals surface area (Å²) in [5, 5.41) is 5.19. The number of nitrogens with two attached hydrogens (primary N) is 2. The summed E-state index contributed by atoms with van der Waals surface area (Å²) in [6.07, 6.45) is 0. The molecule has 0 spiro atoms. The molecule has 0 fully saturated rings. The maximum atomic E-state index is 11.9. The maximum Gasteiger partial charge on any atom is 0.252 e. The number of likely N-dealkylation sites (N-methyl/N-ethyl adjacent to an activating group) is 1. The van der Waals surface area contributed by atoms with Gasteiger partial charge in [-0.3, -0.25) is 9.59 Å². The zero-order valence-corrected chi connectivity index (χ0v) is 10.5. The van der Waals surface area contributed by atoms with Crippen molar-refractivity contribution in [3.05, 3.63) is 23.8 Å². The molecular formula is C12H18N4O2. The van der Waals surface area contributed by atoms with Crippen LogP contribution in [-0.4, -0.2) is 24.4 Å². The van der Waals surface area contributed by atoms with Crippen molar-refractivity contribution in [3.8, 4) is 0 Å². The molecule has 6 heteroatoms. The van der Waals surface area contributed by atoms with Crippen LogP contribution < -0.4 is 22.1 Å². The summed E-state index contributed by atoms with van der Waals surface area (Å²) in [6.45, 7) is 3.94. The van der Waals surface area contributed by atoms with Crippen LogP contribution in [0, 0.1) is 0 Å². The van der Waals surface area contributed by atoms with E-state index in [0.717, 1.165) is 0 Å². The predicted octanol–water partition coefficient (Wildman–Crippen LogP) is 0.105. The Kier molecular flexibility index (Phi) is 4.53. The Hall–Kier alpha value is -2.24. The van der Waals surface area contributed by atoms with E-state index in [1.807, 2.05) is 6.92 Å². The molecule has 6 nitrogen and oxygen atoms in total. The second-order valence-corrected chi connectivity index (χ2v) is 3.98. The van der Waals surface area contributed by atoms with Crippen molar-refractivity contribution >= 4 is 23.2 Å². The topological polar surface area (TPSA) is 110 Å². The van der Waals surface area contributed by atoms with Crippen molar-refractivity contribution in [1.29, 1.82) is 0 Å². The molecule has 1 atom stereocenters. The fraction of sp³-hybridized carbons (Fsp3) is 0.333. The largest absolute Gasteiger partial charge is 0.399 e. The first-order valence-corrected chi connectivity index (χ1v) is 5.68. The molecule has 1 aromatic carbocycles. The Bertz CT molecular complexity index is 439. The average Bonchev–Trinajstić information content (AvgIpc) is 2.27. The molecule has 0 radical (unpaired) electrons. The third-order valence-electron chi connectivity index (χ3n) is 2.33. The minimum atomic E-state index is -0.611. The first kappa shape index (κ1) is 13.8. The van der Waals surface area contributed by atoms with Gasteiger partial charge in [0.25, 0.3) is 5.91 Å². The Morgan fingerprint density at radius 1 is 1.22 bits per heavy atom. The zero-order valence-electron chi connectivity index (χ0n) is 10.5. The second-order valence-electron chi connectivity index (χ2n) is 3.98. The van der Waals surface area contributed by atoms with Crippen molar-refractivity contribution < 1.29 is 9.59 Å². The lowest BCUT2D eigenvalue weighted by Gasteiger charge is -2.13. The Morgan fingerprint density at radius 2 is 1.78 bits per heavy atom. The number of rotatable bonds is 4. The lowest BCUT2D eigenvalue weighted by atomic mass is 10.1. The summed E-state index contributed by atoms with van der Waals surface area (Å²) in [6, 6.07) is 3.97. The van der Waals surface area contributed by atoms with Gasteiger partial charge in [-0.05, 0) is 32.0 Å². The molecule has 0 aromatic heterocycles. The van der Waals surface area contributed by atoms with Gasteiger partial charge in [-0.2, -0.15) is 0 Å². The van der Waals surface area contributed by atoms with Gasteiger partial charge in [-0.25, -0.2) is 0 Å². The minimum Gasteiger partial charge on any atom is -0.399 e. The molecule has 1 rings (SSSR count). The van der Waals surface area contributed by atoms with Crippen LogP contribution in [0.15, 0.2) is 18.2 Å². The van der Waals surface area contributed by atoms with E-state index in [0.29, 0.717) is 23.5 Å². The monoisotopic (exact) mass is 250 g/mol. The van der Waals surface area contributed by atoms with Gasteiger partial charge in [-0.1, -0.05) is 0 Å². The molecule has 0 saturated carbocycles. The number of amides is 2. The summed E-state index contributed by atoms with van der Waals surface area (Å²) >= 11 is 0. The number of carbonyl (C=O) groups is 2. The summed E-state index contributed by atoms with van der Waals surface area (Å²) in [5.41, 5.74) is 12.3. The molecule has 0 bridgehead atoms. The van der Waals surface area contributed by atoms with Crippen molar-refractivity contribution in [1.82, 2.24) is 10.6 Å². The van der Waals surface area contributed by atoms with Crippen LogP contribution in [0.3, 0.4) is 0 Å². The average molecular weight is 250 g/mol. The molecule has 18 heavy (non-hydrogen) atoms. The fourth-order valence-electron chi connectivity index (χ4n) is 1.48. The molecule has 0 heterocycles. The van der Waals surface area contributed by atoms with Crippen molar-refractivity contribution in [2.75, 3.05) is 18.0 Å². The van der Waals surface area contributed by atoms with E-state index in [2.05, 4.69) is 10.6 Å². The van der Waals surface area contributed by atoms with E-state index in [9.17, 15) is 9.59 Å². The highest BCUT2D eigenvalue weighted by atomic mass is 16.2. The molecule has 6 N–H and O–H groups in total. The van der Waals surface area contributed by atoms with Gasteiger partial charge in [0.1, 0.15) is 6.04 Å². The molecule has 98 valence electrons. The van der Waals surface area contributed by atoms with Crippen LogP contribution in [0.4, 0.5) is 11.4 Å². The molecule has 0 saturated heterocycles. The van der Waals surface area contributed by atoms with Crippen LogP contribution in [-0.2, 0) is 4.79 Å². The minimum absolute atomic E-state index is 0.234. The number of benzene rings is 1. The highest BCUT2D eigenvalue weighted by Crippen LogP contribution is 2.13. The lowest BCUT2D eigenvalue weighted by molar-refractivity contribution is -0.122. The zero-order chi connectivity index (χ0) is 13.7. The first-order valence-electron chi connectivity index (χ1n) is 5.68. The third-order valence-corrected chi connectivity index (χ3v) is 2.33. The quantitative estimate of drug-likeness (QED) is 0.568. The van der Waals surface area contributed by atoms with E-state index in [-0.39, 0.29) is 11.8 Å². The van der Waals surface area contributed by atoms with Crippen molar-refractivity contribution in [2.45, 2.75) is 19.9 Å². The number of carbonyl (C=O) groups excluding carboxylic acids is 2. The SMILES string of the molecule is CCNC(=O)C(C)NC(=O)c1cc(N)cc(N)c1. The number of nitrogens with one attached hydrogen (secondary N) is 2. The van der Waals surface area contributed by atoms with E-state index in [1.54, 1.807) is 13.0 Å². The standard InChI is InChI=1S/C12H18N4O2/c1-3-15-11(17)7(2)16-12(18)8-4-9(13)6-10(14)5-8/h4-7H,3,13-14H2,1-2H3,(H,15,17)(H,16,18). The molecule has 2 amide bonds. The van der Waals surface area contributed by atoms with Crippen LogP contribution in [0.1, 0.15) is 24.2 Å². The maximum absolute atomic E-state index is 11.9. The molecule has 0 aliphatic heterocycles. The second kappa shape index (κ2) is 5.90. The van der Waals surface area contributed by atoms with Gasteiger partial charge in [0.05, 0.1) is 0 Å². The van der Waals surface area contributed by atoms with Crippen molar-refractivity contribution in [2.24, 2.45) is 0 Å². The molecule has 0 aliphatic carbocycles. The van der Waals surface area contributed by atoms with Crippen LogP contribution in [0.25, 0.3) is 0 Å². The fourth-order valence-corrected chi connectivity index (χ4v) is 1.48. The van der Waals surface area contributed by atoms with Gasteiger partial charge >= 0.3 is 0 Å². The van der Waals surface area contributed by atoms with E-state index >= 15 is 0 Å². The lowest BCUT2D eigenvalue weighted by Crippen LogP contribution is -2.44.